The molecule has 78 valence electrons. The monoisotopic (exact) mass is 199 g/mol. The van der Waals surface area contributed by atoms with Crippen molar-refractivity contribution >= 4 is 5.97 Å². The van der Waals surface area contributed by atoms with Crippen LogP contribution in [0.5, 0.6) is 0 Å². The Labute approximate surface area is 81.5 Å². The van der Waals surface area contributed by atoms with E-state index in [2.05, 4.69) is 4.74 Å². The van der Waals surface area contributed by atoms with Gasteiger partial charge in [-0.2, -0.15) is 0 Å². The Kier molecular flexibility index (Phi) is 3.27. The molecule has 0 amide bonds. The summed E-state index contributed by atoms with van der Waals surface area (Å²) in [5.41, 5.74) is 0.461. The molecule has 2 N–H and O–H groups in total. The van der Waals surface area contributed by atoms with Crippen LogP contribution in [0, 0.1) is 0 Å². The minimum absolute atomic E-state index is 0.461. The zero-order valence-corrected chi connectivity index (χ0v) is 8.04. The summed E-state index contributed by atoms with van der Waals surface area (Å²) >= 11 is 0. The van der Waals surface area contributed by atoms with E-state index in [1.54, 1.807) is 29.9 Å². The zero-order valence-electron chi connectivity index (χ0n) is 8.04. The van der Waals surface area contributed by atoms with Gasteiger partial charge in [-0.1, -0.05) is 0 Å². The van der Waals surface area contributed by atoms with E-state index in [0.717, 1.165) is 7.11 Å². The Morgan fingerprint density at radius 1 is 1.57 bits per heavy atom. The molecule has 0 aliphatic carbocycles. The third kappa shape index (κ3) is 1.94. The van der Waals surface area contributed by atoms with Gasteiger partial charge in [0.1, 0.15) is 6.10 Å². The zero-order chi connectivity index (χ0) is 10.7. The number of aryl methyl sites for hydroxylation is 1. The van der Waals surface area contributed by atoms with Crippen LogP contribution in [-0.2, 0) is 16.6 Å². The van der Waals surface area contributed by atoms with Crippen molar-refractivity contribution < 1.29 is 19.7 Å². The molecule has 0 bridgehead atoms. The largest absolute Gasteiger partial charge is 0.467 e. The Morgan fingerprint density at radius 3 is 2.64 bits per heavy atom. The van der Waals surface area contributed by atoms with E-state index in [-0.39, 0.29) is 0 Å². The van der Waals surface area contributed by atoms with E-state index in [4.69, 9.17) is 0 Å². The molecule has 2 atom stereocenters. The number of esters is 1. The number of rotatable bonds is 3. The molecular weight excluding hydrogens is 186 g/mol. The lowest BCUT2D eigenvalue weighted by Crippen LogP contribution is -2.30. The highest BCUT2D eigenvalue weighted by Crippen LogP contribution is 2.17. The third-order valence-corrected chi connectivity index (χ3v) is 2.03. The van der Waals surface area contributed by atoms with Crippen molar-refractivity contribution in [2.24, 2.45) is 7.05 Å². The van der Waals surface area contributed by atoms with Crippen LogP contribution in [0.2, 0.25) is 0 Å². The van der Waals surface area contributed by atoms with E-state index in [1.807, 2.05) is 0 Å². The van der Waals surface area contributed by atoms with Crippen LogP contribution in [0.4, 0.5) is 0 Å². The van der Waals surface area contributed by atoms with Crippen molar-refractivity contribution in [3.8, 4) is 0 Å². The number of aliphatic hydroxyl groups excluding tert-OH is 2. The van der Waals surface area contributed by atoms with E-state index in [9.17, 15) is 15.0 Å². The molecule has 1 aromatic rings. The van der Waals surface area contributed by atoms with Crippen molar-refractivity contribution in [2.45, 2.75) is 12.2 Å². The first-order valence-corrected chi connectivity index (χ1v) is 4.13. The topological polar surface area (TPSA) is 71.7 Å². The van der Waals surface area contributed by atoms with E-state index in [1.165, 1.54) is 0 Å². The average molecular weight is 199 g/mol. The predicted molar refractivity (Wildman–Crippen MR) is 48.4 cm³/mol. The normalized spacial score (nSPS) is 14.9. The molecule has 0 fully saturated rings. The van der Waals surface area contributed by atoms with Gasteiger partial charge in [-0.05, 0) is 12.1 Å². The Hall–Kier alpha value is -1.33. The second kappa shape index (κ2) is 4.26. The minimum Gasteiger partial charge on any atom is -0.467 e. The Bertz CT molecular complexity index is 320. The SMILES string of the molecule is COC(=O)C(O)C(O)c1cccn1C. The number of nitrogens with zero attached hydrogens (tertiary/aromatic N) is 1. The molecule has 5 heteroatoms. The number of methoxy groups -OCH3 is 1. The number of aliphatic hydroxyl groups is 2. The molecule has 0 aliphatic rings. The first kappa shape index (κ1) is 10.7. The van der Waals surface area contributed by atoms with E-state index >= 15 is 0 Å². The molecule has 0 radical (unpaired) electrons. The van der Waals surface area contributed by atoms with Gasteiger partial charge in [-0.15, -0.1) is 0 Å². The highest BCUT2D eigenvalue weighted by molar-refractivity contribution is 5.75. The molecule has 2 unspecified atom stereocenters. The molecule has 5 nitrogen and oxygen atoms in total. The number of ether oxygens (including phenoxy) is 1. The number of aromatic nitrogens is 1. The Morgan fingerprint density at radius 2 is 2.21 bits per heavy atom. The van der Waals surface area contributed by atoms with Gasteiger partial charge < -0.3 is 19.5 Å². The van der Waals surface area contributed by atoms with Crippen molar-refractivity contribution in [3.63, 3.8) is 0 Å². The van der Waals surface area contributed by atoms with Crippen molar-refractivity contribution in [1.82, 2.24) is 4.57 Å². The van der Waals surface area contributed by atoms with Crippen LogP contribution in [0.1, 0.15) is 11.8 Å². The van der Waals surface area contributed by atoms with Crippen LogP contribution in [0.15, 0.2) is 18.3 Å². The minimum atomic E-state index is -1.55. The summed E-state index contributed by atoms with van der Waals surface area (Å²) in [4.78, 5) is 10.9. The summed E-state index contributed by atoms with van der Waals surface area (Å²) in [6.07, 6.45) is -1.10. The Balaban J connectivity index is 2.80. The maximum absolute atomic E-state index is 10.9. The van der Waals surface area contributed by atoms with Crippen LogP contribution in [0.3, 0.4) is 0 Å². The standard InChI is InChI=1S/C9H13NO4/c1-10-5-3-4-6(10)7(11)8(12)9(13)14-2/h3-5,7-8,11-12H,1-2H3. The van der Waals surface area contributed by atoms with Gasteiger partial charge in [0.2, 0.25) is 0 Å². The summed E-state index contributed by atoms with van der Waals surface area (Å²) in [5.74, 6) is -0.848. The van der Waals surface area contributed by atoms with Crippen molar-refractivity contribution in [1.29, 1.82) is 0 Å². The van der Waals surface area contributed by atoms with Crippen molar-refractivity contribution in [2.75, 3.05) is 7.11 Å². The van der Waals surface area contributed by atoms with Gasteiger partial charge in [0.25, 0.3) is 0 Å². The van der Waals surface area contributed by atoms with Crippen LogP contribution < -0.4 is 0 Å². The highest BCUT2D eigenvalue weighted by Gasteiger charge is 2.27. The fourth-order valence-electron chi connectivity index (χ4n) is 1.19. The van der Waals surface area contributed by atoms with Crippen LogP contribution in [-0.4, -0.2) is 34.0 Å². The van der Waals surface area contributed by atoms with E-state index < -0.39 is 18.2 Å². The molecule has 14 heavy (non-hydrogen) atoms. The third-order valence-electron chi connectivity index (χ3n) is 2.03. The first-order valence-electron chi connectivity index (χ1n) is 4.13. The van der Waals surface area contributed by atoms with E-state index in [0.29, 0.717) is 5.69 Å². The molecule has 0 saturated heterocycles. The number of carbonyl (C=O) groups is 1. The summed E-state index contributed by atoms with van der Waals surface area (Å²) in [5, 5.41) is 18.9. The lowest BCUT2D eigenvalue weighted by atomic mass is 10.1. The lowest BCUT2D eigenvalue weighted by Gasteiger charge is -2.16. The summed E-state index contributed by atoms with van der Waals surface area (Å²) < 4.78 is 5.93. The number of carbonyl (C=O) groups excluding carboxylic acids is 1. The second-order valence-electron chi connectivity index (χ2n) is 2.96. The predicted octanol–water partition coefficient (Wildman–Crippen LogP) is -0.408. The summed E-state index contributed by atoms with van der Waals surface area (Å²) in [7, 11) is 2.87. The molecule has 0 saturated carbocycles. The van der Waals surface area contributed by atoms with Gasteiger partial charge in [-0.3, -0.25) is 0 Å². The van der Waals surface area contributed by atoms with Gasteiger partial charge in [-0.25, -0.2) is 4.79 Å². The molecule has 0 aromatic carbocycles. The quantitative estimate of drug-likeness (QED) is 0.649. The molecule has 1 heterocycles. The average Bonchev–Trinajstić information content (AvgIpc) is 2.61. The number of hydrogen-bond acceptors (Lipinski definition) is 4. The van der Waals surface area contributed by atoms with Gasteiger partial charge in [0.15, 0.2) is 6.10 Å². The maximum atomic E-state index is 10.9. The number of hydrogen-bond donors (Lipinski definition) is 2. The van der Waals surface area contributed by atoms with Gasteiger partial charge in [0.05, 0.1) is 7.11 Å². The van der Waals surface area contributed by atoms with Crippen molar-refractivity contribution in [3.05, 3.63) is 24.0 Å². The highest BCUT2D eigenvalue weighted by atomic mass is 16.5. The van der Waals surface area contributed by atoms with Gasteiger partial charge in [0, 0.05) is 18.9 Å². The van der Waals surface area contributed by atoms with Gasteiger partial charge >= 0.3 is 5.97 Å². The van der Waals surface area contributed by atoms with Crippen LogP contribution >= 0.6 is 0 Å². The molecule has 0 aliphatic heterocycles. The molecule has 0 spiro atoms. The van der Waals surface area contributed by atoms with Crippen LogP contribution in [0.25, 0.3) is 0 Å². The fraction of sp³-hybridized carbons (Fsp3) is 0.444. The molecule has 1 rings (SSSR count). The first-order chi connectivity index (χ1) is 6.57. The summed E-state index contributed by atoms with van der Waals surface area (Å²) in [6.45, 7) is 0. The lowest BCUT2D eigenvalue weighted by molar-refractivity contribution is -0.157. The summed E-state index contributed by atoms with van der Waals surface area (Å²) in [6, 6.07) is 3.33. The smallest absolute Gasteiger partial charge is 0.337 e. The fourth-order valence-corrected chi connectivity index (χ4v) is 1.19. The molecular formula is C9H13NO4. The molecule has 1 aromatic heterocycles. The second-order valence-corrected chi connectivity index (χ2v) is 2.96. The maximum Gasteiger partial charge on any atom is 0.337 e.